The van der Waals surface area contributed by atoms with Gasteiger partial charge in [-0.15, -0.1) is 12.4 Å². The van der Waals surface area contributed by atoms with Gasteiger partial charge in [-0.1, -0.05) is 0 Å². The van der Waals surface area contributed by atoms with Gasteiger partial charge in [0.1, 0.15) is 0 Å². The van der Waals surface area contributed by atoms with Crippen LogP contribution in [0.1, 0.15) is 5.69 Å². The largest absolute Gasteiger partial charge is 0.441 e. The molecule has 1 rings (SSSR count). The third-order valence-electron chi connectivity index (χ3n) is 1.88. The molecule has 9 heteroatoms. The molecule has 0 bridgehead atoms. The summed E-state index contributed by atoms with van der Waals surface area (Å²) in [5.41, 5.74) is 2.17. The maximum Gasteiger partial charge on any atom is 0.441 e. The SMILES string of the molecule is Cl.Nc1ccc(CC(=O)NCCSC(F)(F)F)nc1. The molecule has 108 valence electrons. The second kappa shape index (κ2) is 8.11. The topological polar surface area (TPSA) is 68.0 Å². The summed E-state index contributed by atoms with van der Waals surface area (Å²) in [5.74, 6) is -0.570. The molecule has 1 amide bonds. The molecule has 1 aromatic heterocycles. The smallest absolute Gasteiger partial charge is 0.397 e. The Balaban J connectivity index is 0.00000324. The van der Waals surface area contributed by atoms with Crippen molar-refractivity contribution in [2.24, 2.45) is 0 Å². The minimum Gasteiger partial charge on any atom is -0.397 e. The van der Waals surface area contributed by atoms with E-state index in [4.69, 9.17) is 5.73 Å². The average Bonchev–Trinajstić information content (AvgIpc) is 2.26. The summed E-state index contributed by atoms with van der Waals surface area (Å²) in [6.45, 7) is -0.0298. The van der Waals surface area contributed by atoms with Crippen molar-refractivity contribution in [3.63, 3.8) is 0 Å². The predicted octanol–water partition coefficient (Wildman–Crippen LogP) is 2.00. The summed E-state index contributed by atoms with van der Waals surface area (Å²) in [6, 6.07) is 3.20. The molecule has 0 fully saturated rings. The lowest BCUT2D eigenvalue weighted by atomic mass is 10.2. The van der Waals surface area contributed by atoms with Gasteiger partial charge in [-0.3, -0.25) is 9.78 Å². The van der Waals surface area contributed by atoms with Gasteiger partial charge in [0.2, 0.25) is 5.91 Å². The van der Waals surface area contributed by atoms with E-state index in [0.717, 1.165) is 0 Å². The fourth-order valence-corrected chi connectivity index (χ4v) is 1.56. The molecule has 0 unspecified atom stereocenters. The van der Waals surface area contributed by atoms with Gasteiger partial charge in [0.15, 0.2) is 0 Å². The molecule has 1 heterocycles. The van der Waals surface area contributed by atoms with Crippen molar-refractivity contribution in [1.29, 1.82) is 0 Å². The Labute approximate surface area is 118 Å². The monoisotopic (exact) mass is 315 g/mol. The Morgan fingerprint density at radius 1 is 1.42 bits per heavy atom. The van der Waals surface area contributed by atoms with E-state index in [0.29, 0.717) is 11.4 Å². The summed E-state index contributed by atoms with van der Waals surface area (Å²) in [4.78, 5) is 15.3. The molecular weight excluding hydrogens is 303 g/mol. The molecule has 19 heavy (non-hydrogen) atoms. The van der Waals surface area contributed by atoms with E-state index in [2.05, 4.69) is 10.3 Å². The first-order chi connectivity index (χ1) is 8.37. The van der Waals surface area contributed by atoms with E-state index in [-0.39, 0.29) is 48.8 Å². The number of carbonyl (C=O) groups is 1. The van der Waals surface area contributed by atoms with Crippen molar-refractivity contribution in [3.05, 3.63) is 24.0 Å². The number of halogens is 4. The zero-order valence-electron chi connectivity index (χ0n) is 9.74. The molecule has 1 aromatic rings. The van der Waals surface area contributed by atoms with Crippen LogP contribution in [0, 0.1) is 0 Å². The van der Waals surface area contributed by atoms with Crippen LogP contribution in [-0.2, 0) is 11.2 Å². The number of thioether (sulfide) groups is 1. The Kier molecular flexibility index (Phi) is 7.62. The number of alkyl halides is 3. The van der Waals surface area contributed by atoms with Gasteiger partial charge in [-0.05, 0) is 23.9 Å². The average molecular weight is 316 g/mol. The lowest BCUT2D eigenvalue weighted by Crippen LogP contribution is -2.28. The van der Waals surface area contributed by atoms with Crippen LogP contribution in [-0.4, -0.2) is 28.7 Å². The number of amides is 1. The maximum atomic E-state index is 11.8. The minimum absolute atomic E-state index is 0. The van der Waals surface area contributed by atoms with Gasteiger partial charge >= 0.3 is 5.51 Å². The van der Waals surface area contributed by atoms with Crippen LogP contribution >= 0.6 is 24.2 Å². The number of nitrogens with two attached hydrogens (primary N) is 1. The molecule has 0 radical (unpaired) electrons. The molecule has 0 spiro atoms. The minimum atomic E-state index is -4.26. The highest BCUT2D eigenvalue weighted by molar-refractivity contribution is 8.00. The van der Waals surface area contributed by atoms with Gasteiger partial charge in [-0.2, -0.15) is 13.2 Å². The first-order valence-electron chi connectivity index (χ1n) is 5.04. The van der Waals surface area contributed by atoms with Crippen LogP contribution in [0.25, 0.3) is 0 Å². The Morgan fingerprint density at radius 3 is 2.63 bits per heavy atom. The first-order valence-corrected chi connectivity index (χ1v) is 6.03. The van der Waals surface area contributed by atoms with Gasteiger partial charge in [0, 0.05) is 18.0 Å². The summed E-state index contributed by atoms with van der Waals surface area (Å²) in [5, 5.41) is 2.39. The quantitative estimate of drug-likeness (QED) is 0.816. The van der Waals surface area contributed by atoms with E-state index in [9.17, 15) is 18.0 Å². The number of hydrogen-bond donors (Lipinski definition) is 2. The van der Waals surface area contributed by atoms with Gasteiger partial charge in [0.05, 0.1) is 18.3 Å². The van der Waals surface area contributed by atoms with Crippen molar-refractivity contribution in [2.45, 2.75) is 11.9 Å². The standard InChI is InChI=1S/C10H12F3N3OS.ClH/c11-10(12,13)18-4-3-15-9(17)5-8-2-1-7(14)6-16-8;/h1-2,6H,3-5,14H2,(H,15,17);1H. The number of nitrogens with one attached hydrogen (secondary N) is 1. The number of anilines is 1. The highest BCUT2D eigenvalue weighted by Gasteiger charge is 2.27. The number of carbonyl (C=O) groups excluding carboxylic acids is 1. The van der Waals surface area contributed by atoms with E-state index >= 15 is 0 Å². The van der Waals surface area contributed by atoms with Crippen molar-refractivity contribution < 1.29 is 18.0 Å². The number of aromatic nitrogens is 1. The number of hydrogen-bond acceptors (Lipinski definition) is 4. The summed E-state index contributed by atoms with van der Waals surface area (Å²) in [7, 11) is 0. The fourth-order valence-electron chi connectivity index (χ4n) is 1.12. The predicted molar refractivity (Wildman–Crippen MR) is 71.1 cm³/mol. The maximum absolute atomic E-state index is 11.8. The summed E-state index contributed by atoms with van der Waals surface area (Å²) in [6.07, 6.45) is 1.44. The Morgan fingerprint density at radius 2 is 2.11 bits per heavy atom. The molecule has 0 aliphatic carbocycles. The Hall–Kier alpha value is -1.15. The molecule has 0 aliphatic heterocycles. The number of rotatable bonds is 5. The molecule has 0 saturated heterocycles. The van der Waals surface area contributed by atoms with Crippen LogP contribution in [0.4, 0.5) is 18.9 Å². The fraction of sp³-hybridized carbons (Fsp3) is 0.400. The van der Waals surface area contributed by atoms with Crippen molar-refractivity contribution >= 4 is 35.8 Å². The molecule has 0 atom stereocenters. The number of pyridine rings is 1. The first kappa shape index (κ1) is 17.8. The van der Waals surface area contributed by atoms with Crippen LogP contribution in [0.15, 0.2) is 18.3 Å². The van der Waals surface area contributed by atoms with Crippen LogP contribution in [0.5, 0.6) is 0 Å². The lowest BCUT2D eigenvalue weighted by Gasteiger charge is -2.07. The molecular formula is C10H13ClF3N3OS. The number of nitrogen functional groups attached to an aromatic ring is 1. The second-order valence-electron chi connectivity index (χ2n) is 3.40. The van der Waals surface area contributed by atoms with Crippen molar-refractivity contribution in [1.82, 2.24) is 10.3 Å². The van der Waals surface area contributed by atoms with Gasteiger partial charge in [-0.25, -0.2) is 0 Å². The zero-order valence-corrected chi connectivity index (χ0v) is 11.4. The van der Waals surface area contributed by atoms with Crippen molar-refractivity contribution in [2.75, 3.05) is 18.0 Å². The second-order valence-corrected chi connectivity index (χ2v) is 4.56. The van der Waals surface area contributed by atoms with Crippen molar-refractivity contribution in [3.8, 4) is 0 Å². The van der Waals surface area contributed by atoms with Gasteiger partial charge in [0.25, 0.3) is 0 Å². The van der Waals surface area contributed by atoms with Crippen LogP contribution < -0.4 is 11.1 Å². The summed E-state index contributed by atoms with van der Waals surface area (Å²) >= 11 is -0.163. The Bertz CT molecular complexity index is 400. The molecule has 0 aromatic carbocycles. The highest BCUT2D eigenvalue weighted by Crippen LogP contribution is 2.29. The van der Waals surface area contributed by atoms with E-state index in [1.165, 1.54) is 6.20 Å². The van der Waals surface area contributed by atoms with E-state index in [1.54, 1.807) is 12.1 Å². The number of nitrogens with zero attached hydrogens (tertiary/aromatic N) is 1. The molecule has 3 N–H and O–H groups in total. The molecule has 0 aliphatic rings. The summed E-state index contributed by atoms with van der Waals surface area (Å²) < 4.78 is 35.4. The van der Waals surface area contributed by atoms with E-state index < -0.39 is 5.51 Å². The molecule has 0 saturated carbocycles. The highest BCUT2D eigenvalue weighted by atomic mass is 35.5. The third-order valence-corrected chi connectivity index (χ3v) is 2.61. The normalized spacial score (nSPS) is 10.7. The van der Waals surface area contributed by atoms with Gasteiger partial charge < -0.3 is 11.1 Å². The molecule has 4 nitrogen and oxygen atoms in total. The van der Waals surface area contributed by atoms with E-state index in [1.807, 2.05) is 0 Å². The lowest BCUT2D eigenvalue weighted by molar-refractivity contribution is -0.120. The third kappa shape index (κ3) is 8.55. The van der Waals surface area contributed by atoms with Crippen LogP contribution in [0.3, 0.4) is 0 Å². The van der Waals surface area contributed by atoms with Crippen LogP contribution in [0.2, 0.25) is 0 Å². The zero-order chi connectivity index (χ0) is 13.6.